The normalized spacial score (nSPS) is 10.7. The van der Waals surface area contributed by atoms with Crippen molar-refractivity contribution in [2.75, 3.05) is 0 Å². The van der Waals surface area contributed by atoms with Crippen LogP contribution in [0.5, 0.6) is 5.75 Å². The van der Waals surface area contributed by atoms with E-state index in [2.05, 4.69) is 17.5 Å². The van der Waals surface area contributed by atoms with Gasteiger partial charge in [0.05, 0.1) is 12.6 Å². The minimum Gasteiger partial charge on any atom is -0.508 e. The SMILES string of the molecule is CCc1ccc(CC(=O)N/N=C/c2ccc(O)cc2)cc1. The predicted molar refractivity (Wildman–Crippen MR) is 83.4 cm³/mol. The van der Waals surface area contributed by atoms with Gasteiger partial charge in [-0.15, -0.1) is 0 Å². The number of hydrazone groups is 1. The molecule has 1 amide bonds. The van der Waals surface area contributed by atoms with E-state index in [1.807, 2.05) is 24.3 Å². The van der Waals surface area contributed by atoms with Crippen LogP contribution in [0.25, 0.3) is 0 Å². The predicted octanol–water partition coefficient (Wildman–Crippen LogP) is 2.65. The van der Waals surface area contributed by atoms with Crippen molar-refractivity contribution in [1.82, 2.24) is 5.43 Å². The summed E-state index contributed by atoms with van der Waals surface area (Å²) in [5.74, 6) is 0.0426. The molecule has 4 nitrogen and oxygen atoms in total. The van der Waals surface area contributed by atoms with Crippen molar-refractivity contribution in [3.63, 3.8) is 0 Å². The minimum absolute atomic E-state index is 0.158. The Morgan fingerprint density at radius 3 is 2.33 bits per heavy atom. The van der Waals surface area contributed by atoms with Crippen LogP contribution in [0.4, 0.5) is 0 Å². The number of carbonyl (C=O) groups is 1. The van der Waals surface area contributed by atoms with Gasteiger partial charge in [-0.05, 0) is 47.4 Å². The van der Waals surface area contributed by atoms with Crippen LogP contribution in [-0.4, -0.2) is 17.2 Å². The number of hydrogen-bond acceptors (Lipinski definition) is 3. The number of nitrogens with one attached hydrogen (secondary N) is 1. The number of nitrogens with zero attached hydrogens (tertiary/aromatic N) is 1. The van der Waals surface area contributed by atoms with Gasteiger partial charge in [-0.25, -0.2) is 5.43 Å². The number of phenolic OH excluding ortho intramolecular Hbond substituents is 1. The second-order valence-corrected chi connectivity index (χ2v) is 4.73. The fourth-order valence-corrected chi connectivity index (χ4v) is 1.86. The molecule has 2 N–H and O–H groups in total. The number of aryl methyl sites for hydroxylation is 1. The maximum absolute atomic E-state index is 11.7. The van der Waals surface area contributed by atoms with Crippen molar-refractivity contribution in [2.24, 2.45) is 5.10 Å². The van der Waals surface area contributed by atoms with Crippen LogP contribution < -0.4 is 5.43 Å². The Hall–Kier alpha value is -2.62. The van der Waals surface area contributed by atoms with Gasteiger partial charge in [0, 0.05) is 0 Å². The first kappa shape index (κ1) is 14.8. The lowest BCUT2D eigenvalue weighted by atomic mass is 10.1. The molecule has 0 aliphatic carbocycles. The topological polar surface area (TPSA) is 61.7 Å². The molecule has 0 atom stereocenters. The molecule has 0 saturated heterocycles. The molecule has 0 aliphatic heterocycles. The average Bonchev–Trinajstić information content (AvgIpc) is 2.50. The van der Waals surface area contributed by atoms with Gasteiger partial charge in [0.1, 0.15) is 5.75 Å². The van der Waals surface area contributed by atoms with E-state index in [1.54, 1.807) is 24.3 Å². The zero-order valence-corrected chi connectivity index (χ0v) is 11.9. The summed E-state index contributed by atoms with van der Waals surface area (Å²) in [7, 11) is 0. The van der Waals surface area contributed by atoms with E-state index >= 15 is 0 Å². The van der Waals surface area contributed by atoms with Crippen molar-refractivity contribution >= 4 is 12.1 Å². The van der Waals surface area contributed by atoms with Gasteiger partial charge in [-0.2, -0.15) is 5.10 Å². The Morgan fingerprint density at radius 2 is 1.71 bits per heavy atom. The Morgan fingerprint density at radius 1 is 1.10 bits per heavy atom. The highest BCUT2D eigenvalue weighted by Gasteiger charge is 2.01. The van der Waals surface area contributed by atoms with Crippen LogP contribution in [0.15, 0.2) is 53.6 Å². The standard InChI is InChI=1S/C17H18N2O2/c1-2-13-3-5-14(6-4-13)11-17(21)19-18-12-15-7-9-16(20)10-8-15/h3-10,12,20H,2,11H2,1H3,(H,19,21)/b18-12+. The lowest BCUT2D eigenvalue weighted by Gasteiger charge is -2.02. The highest BCUT2D eigenvalue weighted by Crippen LogP contribution is 2.08. The molecule has 2 aromatic rings. The van der Waals surface area contributed by atoms with Gasteiger partial charge in [-0.1, -0.05) is 31.2 Å². The molecule has 4 heteroatoms. The summed E-state index contributed by atoms with van der Waals surface area (Å²) in [6, 6.07) is 14.6. The molecule has 108 valence electrons. The van der Waals surface area contributed by atoms with Crippen molar-refractivity contribution in [3.8, 4) is 5.75 Å². The summed E-state index contributed by atoms with van der Waals surface area (Å²) < 4.78 is 0. The molecule has 0 heterocycles. The van der Waals surface area contributed by atoms with Gasteiger partial charge < -0.3 is 5.11 Å². The maximum atomic E-state index is 11.7. The summed E-state index contributed by atoms with van der Waals surface area (Å²) in [6.07, 6.45) is 2.83. The van der Waals surface area contributed by atoms with Crippen LogP contribution >= 0.6 is 0 Å². The van der Waals surface area contributed by atoms with Crippen molar-refractivity contribution in [3.05, 3.63) is 65.2 Å². The zero-order chi connectivity index (χ0) is 15.1. The van der Waals surface area contributed by atoms with Crippen molar-refractivity contribution < 1.29 is 9.90 Å². The second kappa shape index (κ2) is 7.24. The van der Waals surface area contributed by atoms with Crippen LogP contribution in [0.3, 0.4) is 0 Å². The first-order valence-corrected chi connectivity index (χ1v) is 6.86. The number of amides is 1. The molecular weight excluding hydrogens is 264 g/mol. The van der Waals surface area contributed by atoms with Crippen molar-refractivity contribution in [2.45, 2.75) is 19.8 Å². The van der Waals surface area contributed by atoms with Crippen LogP contribution in [0.2, 0.25) is 0 Å². The monoisotopic (exact) mass is 282 g/mol. The fraction of sp³-hybridized carbons (Fsp3) is 0.176. The van der Waals surface area contributed by atoms with E-state index in [-0.39, 0.29) is 11.7 Å². The number of carbonyl (C=O) groups excluding carboxylic acids is 1. The number of phenols is 1. The molecule has 21 heavy (non-hydrogen) atoms. The fourth-order valence-electron chi connectivity index (χ4n) is 1.86. The van der Waals surface area contributed by atoms with Crippen LogP contribution in [0.1, 0.15) is 23.6 Å². The first-order valence-electron chi connectivity index (χ1n) is 6.86. The number of aromatic hydroxyl groups is 1. The van der Waals surface area contributed by atoms with E-state index in [4.69, 9.17) is 5.11 Å². The number of benzene rings is 2. The van der Waals surface area contributed by atoms with E-state index < -0.39 is 0 Å². The van der Waals surface area contributed by atoms with Gasteiger partial charge in [0.2, 0.25) is 5.91 Å². The maximum Gasteiger partial charge on any atom is 0.244 e. The summed E-state index contributed by atoms with van der Waals surface area (Å²) in [5.41, 5.74) is 5.51. The Bertz CT molecular complexity index is 616. The minimum atomic E-state index is -0.158. The first-order chi connectivity index (χ1) is 10.2. The molecule has 0 aromatic heterocycles. The summed E-state index contributed by atoms with van der Waals surface area (Å²) in [4.78, 5) is 11.7. The summed E-state index contributed by atoms with van der Waals surface area (Å²) >= 11 is 0. The molecule has 0 spiro atoms. The second-order valence-electron chi connectivity index (χ2n) is 4.73. The third kappa shape index (κ3) is 4.76. The summed E-state index contributed by atoms with van der Waals surface area (Å²) in [5, 5.41) is 13.1. The van der Waals surface area contributed by atoms with Crippen molar-refractivity contribution in [1.29, 1.82) is 0 Å². The molecule has 2 rings (SSSR count). The van der Waals surface area contributed by atoms with Gasteiger partial charge in [-0.3, -0.25) is 4.79 Å². The average molecular weight is 282 g/mol. The Kier molecular flexibility index (Phi) is 5.10. The van der Waals surface area contributed by atoms with Crippen LogP contribution in [-0.2, 0) is 17.6 Å². The van der Waals surface area contributed by atoms with Gasteiger partial charge in [0.15, 0.2) is 0 Å². The lowest BCUT2D eigenvalue weighted by molar-refractivity contribution is -0.120. The zero-order valence-electron chi connectivity index (χ0n) is 11.9. The van der Waals surface area contributed by atoms with E-state index in [1.165, 1.54) is 11.8 Å². The Labute approximate surface area is 124 Å². The summed E-state index contributed by atoms with van der Waals surface area (Å²) in [6.45, 7) is 2.10. The van der Waals surface area contributed by atoms with Gasteiger partial charge in [0.25, 0.3) is 0 Å². The molecule has 0 unspecified atom stereocenters. The third-order valence-corrected chi connectivity index (χ3v) is 3.09. The van der Waals surface area contributed by atoms with E-state index in [0.717, 1.165) is 17.5 Å². The molecule has 0 aliphatic rings. The molecule has 0 fully saturated rings. The molecule has 2 aromatic carbocycles. The molecular formula is C17H18N2O2. The van der Waals surface area contributed by atoms with Gasteiger partial charge >= 0.3 is 0 Å². The van der Waals surface area contributed by atoms with E-state index in [0.29, 0.717) is 6.42 Å². The van der Waals surface area contributed by atoms with E-state index in [9.17, 15) is 4.79 Å². The molecule has 0 bridgehead atoms. The Balaban J connectivity index is 1.85. The molecule has 0 saturated carbocycles. The number of rotatable bonds is 5. The lowest BCUT2D eigenvalue weighted by Crippen LogP contribution is -2.19. The molecule has 0 radical (unpaired) electrons. The third-order valence-electron chi connectivity index (χ3n) is 3.09. The smallest absolute Gasteiger partial charge is 0.244 e. The highest BCUT2D eigenvalue weighted by atomic mass is 16.3. The highest BCUT2D eigenvalue weighted by molar-refractivity contribution is 5.83. The quantitative estimate of drug-likeness (QED) is 0.654. The largest absolute Gasteiger partial charge is 0.508 e. The number of hydrogen-bond donors (Lipinski definition) is 2. The van der Waals surface area contributed by atoms with Crippen LogP contribution in [0, 0.1) is 0 Å².